The Hall–Kier alpha value is -1.95. The zero-order valence-electron chi connectivity index (χ0n) is 10.3. The fourth-order valence-electron chi connectivity index (χ4n) is 2.30. The van der Waals surface area contributed by atoms with Gasteiger partial charge in [-0.2, -0.15) is 0 Å². The number of ether oxygens (including phenoxy) is 1. The summed E-state index contributed by atoms with van der Waals surface area (Å²) in [5.41, 5.74) is 3.43. The molecule has 1 aliphatic rings. The number of methoxy groups -OCH3 is 1. The summed E-state index contributed by atoms with van der Waals surface area (Å²) in [5.74, 6) is -0.751. The zero-order valence-corrected chi connectivity index (χ0v) is 11.1. The molecule has 1 amide bonds. The fraction of sp³-hybridized carbons (Fsp3) is 0.308. The van der Waals surface area contributed by atoms with Crippen LogP contribution >= 0.6 is 11.3 Å². The summed E-state index contributed by atoms with van der Waals surface area (Å²) in [6, 6.07) is 5.71. The van der Waals surface area contributed by atoms with E-state index in [1.54, 1.807) is 21.7 Å². The molecule has 2 aromatic rings. The van der Waals surface area contributed by atoms with Crippen LogP contribution in [-0.2, 0) is 14.3 Å². The number of esters is 1. The van der Waals surface area contributed by atoms with Gasteiger partial charge in [0.2, 0.25) is 5.91 Å². The summed E-state index contributed by atoms with van der Waals surface area (Å²) >= 11 is 1.56. The van der Waals surface area contributed by atoms with E-state index in [1.165, 1.54) is 7.11 Å². The van der Waals surface area contributed by atoms with Gasteiger partial charge in [0, 0.05) is 18.7 Å². The first-order chi connectivity index (χ1) is 9.19. The van der Waals surface area contributed by atoms with Gasteiger partial charge in [-0.05, 0) is 18.2 Å². The number of benzene rings is 1. The number of thiazole rings is 1. The van der Waals surface area contributed by atoms with E-state index in [-0.39, 0.29) is 24.2 Å². The van der Waals surface area contributed by atoms with Crippen molar-refractivity contribution in [2.24, 2.45) is 5.92 Å². The Kier molecular flexibility index (Phi) is 2.94. The van der Waals surface area contributed by atoms with Crippen LogP contribution in [0.1, 0.15) is 6.42 Å². The van der Waals surface area contributed by atoms with E-state index in [2.05, 4.69) is 4.98 Å². The second kappa shape index (κ2) is 4.62. The minimum Gasteiger partial charge on any atom is -0.469 e. The largest absolute Gasteiger partial charge is 0.469 e. The van der Waals surface area contributed by atoms with Gasteiger partial charge in [0.15, 0.2) is 0 Å². The topological polar surface area (TPSA) is 59.5 Å². The summed E-state index contributed by atoms with van der Waals surface area (Å²) in [4.78, 5) is 29.3. The Bertz CT molecular complexity index is 652. The number of aromatic nitrogens is 1. The van der Waals surface area contributed by atoms with Crippen LogP contribution in [0, 0.1) is 5.92 Å². The number of nitrogens with zero attached hydrogens (tertiary/aromatic N) is 2. The maximum absolute atomic E-state index is 12.0. The van der Waals surface area contributed by atoms with Gasteiger partial charge < -0.3 is 9.64 Å². The van der Waals surface area contributed by atoms with E-state index < -0.39 is 0 Å². The first kappa shape index (κ1) is 12.1. The summed E-state index contributed by atoms with van der Waals surface area (Å²) in [6.45, 7) is 0.376. The molecule has 1 aromatic carbocycles. The van der Waals surface area contributed by atoms with Crippen LogP contribution in [0.15, 0.2) is 23.7 Å². The van der Waals surface area contributed by atoms with Gasteiger partial charge >= 0.3 is 5.97 Å². The van der Waals surface area contributed by atoms with E-state index in [1.807, 2.05) is 18.2 Å². The van der Waals surface area contributed by atoms with Crippen LogP contribution in [0.3, 0.4) is 0 Å². The summed E-state index contributed by atoms with van der Waals surface area (Å²) < 4.78 is 5.78. The first-order valence-corrected chi connectivity index (χ1v) is 6.78. The second-order valence-electron chi connectivity index (χ2n) is 4.43. The average Bonchev–Trinajstić information content (AvgIpc) is 3.03. The summed E-state index contributed by atoms with van der Waals surface area (Å²) in [5, 5.41) is 0. The Balaban J connectivity index is 1.89. The molecular weight excluding hydrogens is 264 g/mol. The molecule has 6 heteroatoms. The molecule has 19 heavy (non-hydrogen) atoms. The van der Waals surface area contributed by atoms with Crippen LogP contribution in [0.2, 0.25) is 0 Å². The lowest BCUT2D eigenvalue weighted by atomic mass is 10.1. The van der Waals surface area contributed by atoms with Crippen LogP contribution in [0.25, 0.3) is 10.2 Å². The Labute approximate surface area is 113 Å². The third kappa shape index (κ3) is 2.08. The lowest BCUT2D eigenvalue weighted by Gasteiger charge is -2.16. The van der Waals surface area contributed by atoms with Crippen molar-refractivity contribution in [3.63, 3.8) is 0 Å². The average molecular weight is 276 g/mol. The minimum absolute atomic E-state index is 0.0509. The number of fused-ring (bicyclic) bond motifs is 1. The summed E-state index contributed by atoms with van der Waals surface area (Å²) in [7, 11) is 1.34. The van der Waals surface area contributed by atoms with Crippen molar-refractivity contribution in [3.05, 3.63) is 23.7 Å². The zero-order chi connectivity index (χ0) is 13.4. The third-order valence-electron chi connectivity index (χ3n) is 3.29. The minimum atomic E-state index is -0.372. The van der Waals surface area contributed by atoms with Crippen LogP contribution in [0.4, 0.5) is 5.69 Å². The van der Waals surface area contributed by atoms with Crippen LogP contribution < -0.4 is 4.90 Å². The number of carbonyl (C=O) groups is 2. The highest BCUT2D eigenvalue weighted by molar-refractivity contribution is 7.16. The van der Waals surface area contributed by atoms with E-state index >= 15 is 0 Å². The van der Waals surface area contributed by atoms with Crippen molar-refractivity contribution in [2.45, 2.75) is 6.42 Å². The van der Waals surface area contributed by atoms with E-state index in [0.717, 1.165) is 15.9 Å². The first-order valence-electron chi connectivity index (χ1n) is 5.90. The molecule has 3 rings (SSSR count). The molecular formula is C13H12N2O3S. The van der Waals surface area contributed by atoms with Crippen LogP contribution in [0.5, 0.6) is 0 Å². The number of hydrogen-bond acceptors (Lipinski definition) is 5. The van der Waals surface area contributed by atoms with Crippen molar-refractivity contribution in [1.82, 2.24) is 4.98 Å². The third-order valence-corrected chi connectivity index (χ3v) is 4.10. The number of anilines is 1. The highest BCUT2D eigenvalue weighted by atomic mass is 32.1. The molecule has 0 bridgehead atoms. The highest BCUT2D eigenvalue weighted by Crippen LogP contribution is 2.29. The molecule has 1 atom stereocenters. The molecule has 1 saturated heterocycles. The van der Waals surface area contributed by atoms with Gasteiger partial charge in [-0.15, -0.1) is 11.3 Å². The molecule has 1 aromatic heterocycles. The molecule has 0 spiro atoms. The maximum Gasteiger partial charge on any atom is 0.311 e. The molecule has 0 saturated carbocycles. The standard InChI is InChI=1S/C13H12N2O3S/c1-18-13(17)8-4-12(16)15(6-8)9-2-3-11-10(5-9)14-7-19-11/h2-3,5,7-8H,4,6H2,1H3. The normalized spacial score (nSPS) is 19.1. The van der Waals surface area contributed by atoms with Crippen molar-refractivity contribution >= 4 is 39.1 Å². The maximum atomic E-state index is 12.0. The fourth-order valence-corrected chi connectivity index (χ4v) is 2.95. The van der Waals surface area contributed by atoms with E-state index in [0.29, 0.717) is 6.54 Å². The van der Waals surface area contributed by atoms with Gasteiger partial charge in [-0.3, -0.25) is 9.59 Å². The smallest absolute Gasteiger partial charge is 0.311 e. The van der Waals surface area contributed by atoms with Crippen molar-refractivity contribution in [2.75, 3.05) is 18.6 Å². The molecule has 1 aliphatic heterocycles. The highest BCUT2D eigenvalue weighted by Gasteiger charge is 2.35. The predicted molar refractivity (Wildman–Crippen MR) is 72.1 cm³/mol. The molecule has 5 nitrogen and oxygen atoms in total. The quantitative estimate of drug-likeness (QED) is 0.785. The van der Waals surface area contributed by atoms with Crippen LogP contribution in [-0.4, -0.2) is 30.5 Å². The van der Waals surface area contributed by atoms with Gasteiger partial charge in [-0.25, -0.2) is 4.98 Å². The lowest BCUT2D eigenvalue weighted by Crippen LogP contribution is -2.26. The molecule has 2 heterocycles. The van der Waals surface area contributed by atoms with E-state index in [9.17, 15) is 9.59 Å². The Morgan fingerprint density at radius 2 is 2.37 bits per heavy atom. The second-order valence-corrected chi connectivity index (χ2v) is 5.32. The molecule has 0 radical (unpaired) electrons. The van der Waals surface area contributed by atoms with E-state index in [4.69, 9.17) is 4.74 Å². The lowest BCUT2D eigenvalue weighted by molar-refractivity contribution is -0.145. The van der Waals surface area contributed by atoms with Gasteiger partial charge in [0.1, 0.15) is 0 Å². The SMILES string of the molecule is COC(=O)C1CC(=O)N(c2ccc3scnc3c2)C1. The monoisotopic (exact) mass is 276 g/mol. The molecule has 0 aliphatic carbocycles. The van der Waals surface area contributed by atoms with Gasteiger partial charge in [-0.1, -0.05) is 0 Å². The Morgan fingerprint density at radius 1 is 1.53 bits per heavy atom. The molecule has 98 valence electrons. The molecule has 1 fully saturated rings. The van der Waals surface area contributed by atoms with Crippen molar-refractivity contribution < 1.29 is 14.3 Å². The molecule has 1 unspecified atom stereocenters. The molecule has 0 N–H and O–H groups in total. The predicted octanol–water partition coefficient (Wildman–Crippen LogP) is 1.82. The van der Waals surface area contributed by atoms with Gasteiger partial charge in [0.25, 0.3) is 0 Å². The number of carbonyl (C=O) groups excluding carboxylic acids is 2. The number of hydrogen-bond donors (Lipinski definition) is 0. The van der Waals surface area contributed by atoms with Crippen molar-refractivity contribution in [1.29, 1.82) is 0 Å². The Morgan fingerprint density at radius 3 is 3.16 bits per heavy atom. The van der Waals surface area contributed by atoms with Gasteiger partial charge in [0.05, 0.1) is 28.8 Å². The summed E-state index contributed by atoms with van der Waals surface area (Å²) in [6.07, 6.45) is 0.210. The van der Waals surface area contributed by atoms with Crippen molar-refractivity contribution in [3.8, 4) is 0 Å². The number of rotatable bonds is 2. The number of amides is 1.